The molecule has 2 atom stereocenters. The van der Waals surface area contributed by atoms with E-state index in [2.05, 4.69) is 21.8 Å². The van der Waals surface area contributed by atoms with Crippen molar-refractivity contribution in [2.75, 3.05) is 0 Å². The second-order valence-electron chi connectivity index (χ2n) is 4.61. The first-order valence-electron chi connectivity index (χ1n) is 5.94. The normalized spacial score (nSPS) is 21.2. The van der Waals surface area contributed by atoms with Crippen LogP contribution in [0.1, 0.15) is 40.9 Å². The van der Waals surface area contributed by atoms with Gasteiger partial charge in [-0.1, -0.05) is 5.21 Å². The van der Waals surface area contributed by atoms with Gasteiger partial charge in [0.2, 0.25) is 0 Å². The number of hydrogen-bond acceptors (Lipinski definition) is 4. The number of hydrogen-bond donors (Lipinski definition) is 1. The van der Waals surface area contributed by atoms with Gasteiger partial charge in [0.25, 0.3) is 0 Å². The van der Waals surface area contributed by atoms with E-state index in [-0.39, 0.29) is 6.04 Å². The van der Waals surface area contributed by atoms with Crippen molar-refractivity contribution in [3.05, 3.63) is 33.8 Å². The number of aryl methyl sites for hydroxylation is 2. The van der Waals surface area contributed by atoms with Gasteiger partial charge in [0, 0.05) is 17.8 Å². The molecule has 3 rings (SSSR count). The Balaban J connectivity index is 1.94. The van der Waals surface area contributed by atoms with Crippen molar-refractivity contribution >= 4 is 11.3 Å². The molecule has 0 fully saturated rings. The zero-order chi connectivity index (χ0) is 11.8. The fourth-order valence-electron chi connectivity index (χ4n) is 2.70. The fourth-order valence-corrected chi connectivity index (χ4v) is 3.70. The van der Waals surface area contributed by atoms with Crippen LogP contribution >= 0.6 is 11.3 Å². The molecule has 2 aromatic heterocycles. The van der Waals surface area contributed by atoms with Crippen molar-refractivity contribution < 1.29 is 0 Å². The van der Waals surface area contributed by atoms with Crippen LogP contribution in [0.5, 0.6) is 0 Å². The van der Waals surface area contributed by atoms with Gasteiger partial charge in [0.05, 0.1) is 17.9 Å². The van der Waals surface area contributed by atoms with Crippen molar-refractivity contribution in [2.45, 2.75) is 31.2 Å². The summed E-state index contributed by atoms with van der Waals surface area (Å²) in [6.07, 6.45) is 5.39. The average molecular weight is 248 g/mol. The zero-order valence-electron chi connectivity index (χ0n) is 9.84. The molecule has 5 heteroatoms. The van der Waals surface area contributed by atoms with Crippen LogP contribution in [-0.4, -0.2) is 15.0 Å². The van der Waals surface area contributed by atoms with Gasteiger partial charge in [-0.05, 0) is 36.3 Å². The molecule has 2 aromatic rings. The minimum atomic E-state index is 0.00338. The van der Waals surface area contributed by atoms with E-state index in [4.69, 9.17) is 5.73 Å². The molecule has 2 unspecified atom stereocenters. The van der Waals surface area contributed by atoms with E-state index in [9.17, 15) is 0 Å². The summed E-state index contributed by atoms with van der Waals surface area (Å²) in [4.78, 5) is 1.51. The van der Waals surface area contributed by atoms with Crippen LogP contribution in [-0.2, 0) is 13.5 Å². The Bertz CT molecular complexity index is 516. The standard InChI is InChI=1S/C12H16N4S/c1-16-10(7-14-15-16)12(13)9-3-2-4-11-8(9)5-6-17-11/h5-7,9,12H,2-4,13H2,1H3. The third-order valence-corrected chi connectivity index (χ3v) is 4.62. The molecule has 1 aliphatic rings. The van der Waals surface area contributed by atoms with Gasteiger partial charge >= 0.3 is 0 Å². The van der Waals surface area contributed by atoms with E-state index >= 15 is 0 Å². The van der Waals surface area contributed by atoms with Crippen LogP contribution in [0, 0.1) is 0 Å². The predicted octanol–water partition coefficient (Wildman–Crippen LogP) is 2.00. The quantitative estimate of drug-likeness (QED) is 0.884. The van der Waals surface area contributed by atoms with E-state index in [1.165, 1.54) is 23.3 Å². The van der Waals surface area contributed by atoms with Gasteiger partial charge in [-0.2, -0.15) is 0 Å². The zero-order valence-corrected chi connectivity index (χ0v) is 10.7. The van der Waals surface area contributed by atoms with E-state index < -0.39 is 0 Å². The van der Waals surface area contributed by atoms with Crippen LogP contribution < -0.4 is 5.73 Å². The molecule has 0 aliphatic heterocycles. The number of rotatable bonds is 2. The highest BCUT2D eigenvalue weighted by Crippen LogP contribution is 2.40. The molecule has 0 saturated carbocycles. The predicted molar refractivity (Wildman–Crippen MR) is 67.9 cm³/mol. The molecule has 4 nitrogen and oxygen atoms in total. The highest BCUT2D eigenvalue weighted by molar-refractivity contribution is 7.10. The van der Waals surface area contributed by atoms with E-state index in [0.29, 0.717) is 5.92 Å². The van der Waals surface area contributed by atoms with Crippen molar-refractivity contribution in [1.29, 1.82) is 0 Å². The highest BCUT2D eigenvalue weighted by atomic mass is 32.1. The largest absolute Gasteiger partial charge is 0.322 e. The Morgan fingerprint density at radius 2 is 2.47 bits per heavy atom. The molecule has 2 heterocycles. The molecule has 2 N–H and O–H groups in total. The number of fused-ring (bicyclic) bond motifs is 1. The lowest BCUT2D eigenvalue weighted by Gasteiger charge is -2.27. The molecule has 90 valence electrons. The Morgan fingerprint density at radius 1 is 1.59 bits per heavy atom. The van der Waals surface area contributed by atoms with Crippen molar-refractivity contribution in [2.24, 2.45) is 12.8 Å². The summed E-state index contributed by atoms with van der Waals surface area (Å²) in [6, 6.07) is 2.23. The SMILES string of the molecule is Cn1nncc1C(N)C1CCCc2sccc21. The van der Waals surface area contributed by atoms with Gasteiger partial charge in [0.15, 0.2) is 0 Å². The van der Waals surface area contributed by atoms with Crippen molar-refractivity contribution in [1.82, 2.24) is 15.0 Å². The Morgan fingerprint density at radius 3 is 3.24 bits per heavy atom. The fraction of sp³-hybridized carbons (Fsp3) is 0.500. The Hall–Kier alpha value is -1.20. The Labute approximate surface area is 104 Å². The maximum Gasteiger partial charge on any atom is 0.0757 e. The van der Waals surface area contributed by atoms with Crippen molar-refractivity contribution in [3.63, 3.8) is 0 Å². The molecule has 0 amide bonds. The maximum absolute atomic E-state index is 6.39. The summed E-state index contributed by atoms with van der Waals surface area (Å²) in [7, 11) is 1.90. The van der Waals surface area contributed by atoms with Gasteiger partial charge in [-0.3, -0.25) is 4.68 Å². The molecule has 0 bridgehead atoms. The first-order chi connectivity index (χ1) is 8.27. The van der Waals surface area contributed by atoms with Gasteiger partial charge < -0.3 is 5.73 Å². The average Bonchev–Trinajstić information content (AvgIpc) is 2.95. The first kappa shape index (κ1) is 10.9. The van der Waals surface area contributed by atoms with Crippen LogP contribution in [0.3, 0.4) is 0 Å². The van der Waals surface area contributed by atoms with E-state index in [0.717, 1.165) is 12.1 Å². The molecule has 1 aliphatic carbocycles. The number of nitrogens with zero attached hydrogens (tertiary/aromatic N) is 3. The third-order valence-electron chi connectivity index (χ3n) is 3.62. The smallest absolute Gasteiger partial charge is 0.0757 e. The maximum atomic E-state index is 6.39. The number of thiophene rings is 1. The monoisotopic (exact) mass is 248 g/mol. The van der Waals surface area contributed by atoms with Crippen LogP contribution in [0.25, 0.3) is 0 Å². The van der Waals surface area contributed by atoms with E-state index in [1.54, 1.807) is 10.9 Å². The minimum absolute atomic E-state index is 0.00338. The second kappa shape index (κ2) is 4.23. The summed E-state index contributed by atoms with van der Waals surface area (Å²) in [5.41, 5.74) is 8.85. The van der Waals surface area contributed by atoms with Gasteiger partial charge in [-0.25, -0.2) is 0 Å². The molecule has 17 heavy (non-hydrogen) atoms. The van der Waals surface area contributed by atoms with Crippen LogP contribution in [0.2, 0.25) is 0 Å². The second-order valence-corrected chi connectivity index (χ2v) is 5.61. The third kappa shape index (κ3) is 1.79. The van der Waals surface area contributed by atoms with Gasteiger partial charge in [0.1, 0.15) is 0 Å². The highest BCUT2D eigenvalue weighted by Gasteiger charge is 2.29. The topological polar surface area (TPSA) is 56.7 Å². The summed E-state index contributed by atoms with van der Waals surface area (Å²) < 4.78 is 1.78. The molecular weight excluding hydrogens is 232 g/mol. The van der Waals surface area contributed by atoms with Crippen molar-refractivity contribution in [3.8, 4) is 0 Å². The van der Waals surface area contributed by atoms with E-state index in [1.807, 2.05) is 18.4 Å². The first-order valence-corrected chi connectivity index (χ1v) is 6.82. The summed E-state index contributed by atoms with van der Waals surface area (Å²) in [5.74, 6) is 0.419. The molecule has 0 radical (unpaired) electrons. The Kier molecular flexibility index (Phi) is 2.72. The number of nitrogens with two attached hydrogens (primary N) is 1. The van der Waals surface area contributed by atoms with Crippen LogP contribution in [0.4, 0.5) is 0 Å². The lowest BCUT2D eigenvalue weighted by atomic mass is 9.82. The lowest BCUT2D eigenvalue weighted by Crippen LogP contribution is -2.24. The molecule has 0 aromatic carbocycles. The summed E-state index contributed by atoms with van der Waals surface area (Å²) in [6.45, 7) is 0. The number of aromatic nitrogens is 3. The van der Waals surface area contributed by atoms with Crippen LogP contribution in [0.15, 0.2) is 17.6 Å². The van der Waals surface area contributed by atoms with Gasteiger partial charge in [-0.15, -0.1) is 16.4 Å². The summed E-state index contributed by atoms with van der Waals surface area (Å²) in [5, 5.41) is 10.1. The molecule has 0 saturated heterocycles. The molecule has 0 spiro atoms. The minimum Gasteiger partial charge on any atom is -0.322 e. The lowest BCUT2D eigenvalue weighted by molar-refractivity contribution is 0.456. The molecular formula is C12H16N4S. The summed E-state index contributed by atoms with van der Waals surface area (Å²) >= 11 is 1.85.